The van der Waals surface area contributed by atoms with Gasteiger partial charge in [-0.05, 0) is 28.7 Å². The molecule has 5 nitrogen and oxygen atoms in total. The number of nitrogens with one attached hydrogen (secondary N) is 1. The topological polar surface area (TPSA) is 58.6 Å². The van der Waals surface area contributed by atoms with E-state index in [1.54, 1.807) is 4.31 Å². The first-order valence-corrected chi connectivity index (χ1v) is 15.5. The van der Waals surface area contributed by atoms with Crippen molar-refractivity contribution in [3.63, 3.8) is 0 Å². The van der Waals surface area contributed by atoms with Crippen molar-refractivity contribution < 1.29 is 13.2 Å². The van der Waals surface area contributed by atoms with E-state index in [2.05, 4.69) is 77.5 Å². The van der Waals surface area contributed by atoms with Gasteiger partial charge in [0.25, 0.3) is 10.2 Å². The lowest BCUT2D eigenvalue weighted by atomic mass is 9.84. The predicted molar refractivity (Wildman–Crippen MR) is 160 cm³/mol. The Labute approximate surface area is 236 Å². The van der Waals surface area contributed by atoms with E-state index < -0.39 is 15.0 Å². The molecule has 1 fully saturated rings. The molecule has 0 aliphatic carbocycles. The number of hydrogen-bond donors (Lipinski definition) is 1. The Balaban J connectivity index is 1.49. The predicted octanol–water partition coefficient (Wildman–Crippen LogP) is 5.84. The van der Waals surface area contributed by atoms with Crippen LogP contribution < -0.4 is 4.72 Å². The van der Waals surface area contributed by atoms with Gasteiger partial charge in [-0.15, -0.1) is 11.8 Å². The lowest BCUT2D eigenvalue weighted by Crippen LogP contribution is -2.44. The summed E-state index contributed by atoms with van der Waals surface area (Å²) in [6.07, 6.45) is 0.689. The molecule has 4 aromatic rings. The minimum absolute atomic E-state index is 0.0408. The van der Waals surface area contributed by atoms with Crippen LogP contribution in [0.1, 0.15) is 28.7 Å². The van der Waals surface area contributed by atoms with E-state index in [1.165, 1.54) is 23.7 Å². The zero-order valence-electron chi connectivity index (χ0n) is 22.0. The van der Waals surface area contributed by atoms with Crippen LogP contribution in [0.15, 0.2) is 121 Å². The van der Waals surface area contributed by atoms with Gasteiger partial charge in [-0.2, -0.15) is 12.7 Å². The Morgan fingerprint density at radius 2 is 1.26 bits per heavy atom. The van der Waals surface area contributed by atoms with Crippen LogP contribution in [0, 0.1) is 0 Å². The summed E-state index contributed by atoms with van der Waals surface area (Å²) >= 11 is 1.83. The molecular weight excluding hydrogens is 524 g/mol. The van der Waals surface area contributed by atoms with Gasteiger partial charge in [-0.1, -0.05) is 121 Å². The Bertz CT molecular complexity index is 1320. The smallest absolute Gasteiger partial charge is 0.279 e. The largest absolute Gasteiger partial charge is 0.375 e. The fourth-order valence-corrected chi connectivity index (χ4v) is 8.47. The van der Waals surface area contributed by atoms with Crippen LogP contribution in [0.4, 0.5) is 0 Å². The maximum absolute atomic E-state index is 13.1. The van der Waals surface area contributed by atoms with Gasteiger partial charge in [0.15, 0.2) is 0 Å². The second-order valence-corrected chi connectivity index (χ2v) is 13.0. The summed E-state index contributed by atoms with van der Waals surface area (Å²) in [6.45, 7) is 1.19. The summed E-state index contributed by atoms with van der Waals surface area (Å²) in [7, 11) is -2.16. The van der Waals surface area contributed by atoms with Crippen molar-refractivity contribution in [2.24, 2.45) is 0 Å². The lowest BCUT2D eigenvalue weighted by Gasteiger charge is -2.37. The van der Waals surface area contributed by atoms with Crippen LogP contribution in [0.3, 0.4) is 0 Å². The number of benzene rings is 4. The Morgan fingerprint density at radius 3 is 1.72 bits per heavy atom. The molecule has 0 aromatic heterocycles. The summed E-state index contributed by atoms with van der Waals surface area (Å²) in [4.78, 5) is 0. The van der Waals surface area contributed by atoms with Crippen molar-refractivity contribution in [1.29, 1.82) is 0 Å². The molecule has 1 saturated heterocycles. The van der Waals surface area contributed by atoms with Crippen molar-refractivity contribution in [1.82, 2.24) is 9.03 Å². The third kappa shape index (κ3) is 6.13. The van der Waals surface area contributed by atoms with Gasteiger partial charge >= 0.3 is 0 Å². The number of hydrogen-bond acceptors (Lipinski definition) is 4. The van der Waals surface area contributed by atoms with Crippen LogP contribution >= 0.6 is 11.8 Å². The van der Waals surface area contributed by atoms with Crippen molar-refractivity contribution in [3.05, 3.63) is 144 Å². The molecule has 0 spiro atoms. The standard InChI is InChI=1S/C32H34N2O3S2/c1-33-39(35,36)34-23-31(22-30(34)25-37-24-26-14-6-2-7-15-26)38-32(27-16-8-3-9-17-27,28-18-10-4-11-19-28)29-20-12-5-13-21-29/h2-21,30-31,33H,22-25H2,1H3/t30-,31+/m0/s1. The quantitative estimate of drug-likeness (QED) is 0.235. The first kappa shape index (κ1) is 27.6. The van der Waals surface area contributed by atoms with Crippen LogP contribution in [0.5, 0.6) is 0 Å². The van der Waals surface area contributed by atoms with Crippen molar-refractivity contribution in [2.75, 3.05) is 20.2 Å². The second-order valence-electron chi connectivity index (χ2n) is 9.69. The first-order chi connectivity index (χ1) is 19.0. The molecule has 2 atom stereocenters. The van der Waals surface area contributed by atoms with Gasteiger partial charge < -0.3 is 4.74 Å². The van der Waals surface area contributed by atoms with Gasteiger partial charge in [0.1, 0.15) is 0 Å². The van der Waals surface area contributed by atoms with Gasteiger partial charge in [-0.3, -0.25) is 0 Å². The molecule has 0 radical (unpaired) electrons. The summed E-state index contributed by atoms with van der Waals surface area (Å²) in [5.41, 5.74) is 4.57. The molecule has 1 aliphatic rings. The zero-order chi connectivity index (χ0) is 27.1. The second kappa shape index (κ2) is 12.5. The first-order valence-electron chi connectivity index (χ1n) is 13.2. The normalized spacial score (nSPS) is 18.3. The molecule has 0 amide bonds. The highest BCUT2D eigenvalue weighted by molar-refractivity contribution is 8.01. The third-order valence-corrected chi connectivity index (χ3v) is 10.5. The SMILES string of the molecule is CNS(=O)(=O)N1C[C@H](SC(c2ccccc2)(c2ccccc2)c2ccccc2)C[C@H]1COCc1ccccc1. The summed E-state index contributed by atoms with van der Waals surface area (Å²) in [6, 6.07) is 41.3. The number of rotatable bonds is 11. The van der Waals surface area contributed by atoms with Crippen LogP contribution in [-0.4, -0.2) is 44.2 Å². The van der Waals surface area contributed by atoms with E-state index >= 15 is 0 Å². The molecule has 0 unspecified atom stereocenters. The fourth-order valence-electron chi connectivity index (χ4n) is 5.35. The van der Waals surface area contributed by atoms with Crippen molar-refractivity contribution in [3.8, 4) is 0 Å². The van der Waals surface area contributed by atoms with E-state index in [1.807, 2.05) is 60.3 Å². The van der Waals surface area contributed by atoms with Gasteiger partial charge in [0.2, 0.25) is 0 Å². The van der Waals surface area contributed by atoms with E-state index in [0.29, 0.717) is 26.2 Å². The minimum Gasteiger partial charge on any atom is -0.375 e. The van der Waals surface area contributed by atoms with Crippen LogP contribution in [0.2, 0.25) is 0 Å². The highest BCUT2D eigenvalue weighted by Crippen LogP contribution is 2.52. The van der Waals surface area contributed by atoms with Crippen LogP contribution in [-0.2, 0) is 26.3 Å². The molecule has 1 aliphatic heterocycles. The molecular formula is C32H34N2O3S2. The minimum atomic E-state index is -3.63. The highest BCUT2D eigenvalue weighted by Gasteiger charge is 2.45. The fraction of sp³-hybridized carbons (Fsp3) is 0.250. The molecule has 4 aromatic carbocycles. The number of ether oxygens (including phenoxy) is 1. The van der Waals surface area contributed by atoms with E-state index in [0.717, 1.165) is 5.56 Å². The molecule has 1 N–H and O–H groups in total. The Kier molecular flexibility index (Phi) is 8.85. The number of thioether (sulfide) groups is 1. The van der Waals surface area contributed by atoms with E-state index in [-0.39, 0.29) is 11.3 Å². The molecule has 0 saturated carbocycles. The van der Waals surface area contributed by atoms with Crippen molar-refractivity contribution in [2.45, 2.75) is 29.1 Å². The summed E-state index contributed by atoms with van der Waals surface area (Å²) in [5, 5.41) is 0.0408. The maximum Gasteiger partial charge on any atom is 0.279 e. The Hall–Kier alpha value is -2.94. The molecule has 5 rings (SSSR count). The molecule has 39 heavy (non-hydrogen) atoms. The third-order valence-electron chi connectivity index (χ3n) is 7.20. The van der Waals surface area contributed by atoms with Crippen molar-refractivity contribution >= 4 is 22.0 Å². The maximum atomic E-state index is 13.1. The van der Waals surface area contributed by atoms with Gasteiger partial charge in [0, 0.05) is 18.8 Å². The summed E-state index contributed by atoms with van der Waals surface area (Å²) in [5.74, 6) is 0. The zero-order valence-corrected chi connectivity index (χ0v) is 23.7. The lowest BCUT2D eigenvalue weighted by molar-refractivity contribution is 0.0871. The average molecular weight is 559 g/mol. The van der Waals surface area contributed by atoms with E-state index in [9.17, 15) is 8.42 Å². The highest BCUT2D eigenvalue weighted by atomic mass is 32.2. The monoisotopic (exact) mass is 558 g/mol. The van der Waals surface area contributed by atoms with Gasteiger partial charge in [0.05, 0.1) is 24.0 Å². The molecule has 7 heteroatoms. The van der Waals surface area contributed by atoms with Crippen LogP contribution in [0.25, 0.3) is 0 Å². The van der Waals surface area contributed by atoms with Gasteiger partial charge in [-0.25, -0.2) is 4.72 Å². The Morgan fingerprint density at radius 1 is 0.795 bits per heavy atom. The average Bonchev–Trinajstić information content (AvgIpc) is 3.41. The molecule has 202 valence electrons. The molecule has 0 bridgehead atoms. The number of nitrogens with zero attached hydrogens (tertiary/aromatic N) is 1. The summed E-state index contributed by atoms with van der Waals surface area (Å²) < 4.78 is 35.9. The molecule has 1 heterocycles. The van der Waals surface area contributed by atoms with E-state index in [4.69, 9.17) is 4.74 Å².